The van der Waals surface area contributed by atoms with E-state index < -0.39 is 0 Å². The molecule has 0 aliphatic carbocycles. The minimum absolute atomic E-state index is 0.0622. The number of anilines is 1. The van der Waals surface area contributed by atoms with Gasteiger partial charge in [0, 0.05) is 30.0 Å². The zero-order valence-corrected chi connectivity index (χ0v) is 15.0. The van der Waals surface area contributed by atoms with Gasteiger partial charge >= 0.3 is 0 Å². The zero-order valence-electron chi connectivity index (χ0n) is 15.0. The van der Waals surface area contributed by atoms with Crippen LogP contribution in [-0.2, 0) is 4.79 Å². The summed E-state index contributed by atoms with van der Waals surface area (Å²) in [6.07, 6.45) is 2.92. The molecule has 0 atom stereocenters. The van der Waals surface area contributed by atoms with Crippen molar-refractivity contribution >= 4 is 17.7 Å². The lowest BCUT2D eigenvalue weighted by Gasteiger charge is -2.12. The molecule has 0 fully saturated rings. The molecule has 2 N–H and O–H groups in total. The molecule has 2 aromatic rings. The van der Waals surface area contributed by atoms with Crippen molar-refractivity contribution in [3.05, 3.63) is 42.0 Å². The van der Waals surface area contributed by atoms with E-state index in [2.05, 4.69) is 5.32 Å². The zero-order chi connectivity index (χ0) is 19.1. The van der Waals surface area contributed by atoms with Crippen molar-refractivity contribution in [1.29, 1.82) is 0 Å². The second-order valence-electron chi connectivity index (χ2n) is 5.15. The van der Waals surface area contributed by atoms with Crippen molar-refractivity contribution in [1.82, 2.24) is 0 Å². The number of ether oxygens (including phenoxy) is 4. The number of hydrogen-bond donors (Lipinski definition) is 2. The number of rotatable bonds is 7. The maximum Gasteiger partial charge on any atom is 0.248 e. The Kier molecular flexibility index (Phi) is 6.32. The van der Waals surface area contributed by atoms with Gasteiger partial charge in [0.1, 0.15) is 17.2 Å². The highest BCUT2D eigenvalue weighted by molar-refractivity contribution is 6.02. The molecule has 0 radical (unpaired) electrons. The second-order valence-corrected chi connectivity index (χ2v) is 5.15. The van der Waals surface area contributed by atoms with Crippen LogP contribution in [0, 0.1) is 0 Å². The first kappa shape index (κ1) is 19.0. The fourth-order valence-electron chi connectivity index (χ4n) is 2.31. The van der Waals surface area contributed by atoms with Crippen molar-refractivity contribution in [2.45, 2.75) is 0 Å². The minimum Gasteiger partial charge on any atom is -0.504 e. The quantitative estimate of drug-likeness (QED) is 0.739. The molecule has 0 aliphatic heterocycles. The highest BCUT2D eigenvalue weighted by Gasteiger charge is 2.11. The molecule has 0 bridgehead atoms. The van der Waals surface area contributed by atoms with Gasteiger partial charge in [-0.3, -0.25) is 4.79 Å². The van der Waals surface area contributed by atoms with Crippen molar-refractivity contribution < 1.29 is 28.8 Å². The number of phenolic OH excluding ortho intramolecular Hbond substituents is 1. The molecule has 2 aromatic carbocycles. The van der Waals surface area contributed by atoms with E-state index in [-0.39, 0.29) is 11.7 Å². The molecule has 1 amide bonds. The van der Waals surface area contributed by atoms with Gasteiger partial charge in [-0.2, -0.15) is 0 Å². The summed E-state index contributed by atoms with van der Waals surface area (Å²) in [5.74, 6) is 1.47. The molecule has 0 aliphatic rings. The van der Waals surface area contributed by atoms with Gasteiger partial charge in [-0.1, -0.05) is 0 Å². The number of carbonyl (C=O) groups excluding carboxylic acids is 1. The maximum atomic E-state index is 12.2. The third kappa shape index (κ3) is 4.38. The van der Waals surface area contributed by atoms with Gasteiger partial charge in [0.25, 0.3) is 0 Å². The summed E-state index contributed by atoms with van der Waals surface area (Å²) in [5.41, 5.74) is 1.04. The Morgan fingerprint density at radius 3 is 2.04 bits per heavy atom. The summed E-state index contributed by atoms with van der Waals surface area (Å²) in [5, 5.41) is 12.4. The fourth-order valence-corrected chi connectivity index (χ4v) is 2.31. The van der Waals surface area contributed by atoms with Gasteiger partial charge in [-0.15, -0.1) is 0 Å². The maximum absolute atomic E-state index is 12.2. The van der Waals surface area contributed by atoms with Crippen molar-refractivity contribution in [3.63, 3.8) is 0 Å². The Morgan fingerprint density at radius 1 is 0.923 bits per heavy atom. The van der Waals surface area contributed by atoms with Gasteiger partial charge < -0.3 is 29.4 Å². The molecule has 7 nitrogen and oxygen atoms in total. The largest absolute Gasteiger partial charge is 0.504 e. The van der Waals surface area contributed by atoms with Crippen LogP contribution in [-0.4, -0.2) is 39.5 Å². The van der Waals surface area contributed by atoms with Gasteiger partial charge in [-0.05, 0) is 18.2 Å². The van der Waals surface area contributed by atoms with E-state index in [0.29, 0.717) is 34.2 Å². The lowest BCUT2D eigenvalue weighted by molar-refractivity contribution is -0.111. The number of hydrogen-bond acceptors (Lipinski definition) is 6. The van der Waals surface area contributed by atoms with Gasteiger partial charge in [0.2, 0.25) is 5.91 Å². The van der Waals surface area contributed by atoms with Crippen LogP contribution >= 0.6 is 0 Å². The standard InChI is InChI=1S/C19H21NO6/c1-23-13-10-17(25-3)14(18(11-13)26-4)6-8-19(22)20-12-5-7-16(24-2)15(21)9-12/h5-11,21H,1-4H3,(H,20,22). The number of amides is 1. The van der Waals surface area contributed by atoms with Crippen LogP contribution in [0.5, 0.6) is 28.7 Å². The number of phenols is 1. The van der Waals surface area contributed by atoms with Crippen molar-refractivity contribution in [2.75, 3.05) is 33.8 Å². The first-order valence-electron chi connectivity index (χ1n) is 7.68. The second kappa shape index (κ2) is 8.66. The Balaban J connectivity index is 2.21. The molecule has 7 heteroatoms. The van der Waals surface area contributed by atoms with Crippen LogP contribution in [0.4, 0.5) is 5.69 Å². The number of carbonyl (C=O) groups is 1. The summed E-state index contributed by atoms with van der Waals surface area (Å²) in [4.78, 5) is 12.2. The lowest BCUT2D eigenvalue weighted by atomic mass is 10.1. The summed E-state index contributed by atoms with van der Waals surface area (Å²) in [6, 6.07) is 7.98. The molecule has 0 heterocycles. The van der Waals surface area contributed by atoms with E-state index in [1.165, 1.54) is 33.5 Å². The lowest BCUT2D eigenvalue weighted by Crippen LogP contribution is -2.07. The molecule has 0 aromatic heterocycles. The normalized spacial score (nSPS) is 10.5. The van der Waals surface area contributed by atoms with Crippen molar-refractivity contribution in [3.8, 4) is 28.7 Å². The molecular weight excluding hydrogens is 338 g/mol. The summed E-state index contributed by atoms with van der Waals surface area (Å²) in [7, 11) is 6.03. The number of nitrogens with one attached hydrogen (secondary N) is 1. The number of benzene rings is 2. The summed E-state index contributed by atoms with van der Waals surface area (Å²) < 4.78 is 20.8. The fraction of sp³-hybridized carbons (Fsp3) is 0.211. The predicted molar refractivity (Wildman–Crippen MR) is 98.4 cm³/mol. The third-order valence-corrected chi connectivity index (χ3v) is 3.60. The average molecular weight is 359 g/mol. The van der Waals surface area contributed by atoms with E-state index >= 15 is 0 Å². The Hall–Kier alpha value is -3.35. The van der Waals surface area contributed by atoms with Gasteiger partial charge in [-0.25, -0.2) is 0 Å². The predicted octanol–water partition coefficient (Wildman–Crippen LogP) is 3.08. The molecule has 0 saturated heterocycles. The molecule has 26 heavy (non-hydrogen) atoms. The SMILES string of the molecule is COc1cc(OC)c(C=CC(=O)Nc2ccc(OC)c(O)c2)c(OC)c1. The third-order valence-electron chi connectivity index (χ3n) is 3.60. The summed E-state index contributed by atoms with van der Waals surface area (Å²) >= 11 is 0. The molecule has 0 unspecified atom stereocenters. The van der Waals surface area contributed by atoms with Gasteiger partial charge in [0.15, 0.2) is 11.5 Å². The van der Waals surface area contributed by atoms with E-state index in [4.69, 9.17) is 18.9 Å². The number of methoxy groups -OCH3 is 4. The van der Waals surface area contributed by atoms with Crippen LogP contribution in [0.2, 0.25) is 0 Å². The Labute approximate surface area is 151 Å². The Bertz CT molecular complexity index is 791. The van der Waals surface area contributed by atoms with E-state index in [0.717, 1.165) is 0 Å². The van der Waals surface area contributed by atoms with Crippen LogP contribution in [0.15, 0.2) is 36.4 Å². The van der Waals surface area contributed by atoms with Crippen molar-refractivity contribution in [2.24, 2.45) is 0 Å². The van der Waals surface area contributed by atoms with Crippen LogP contribution in [0.25, 0.3) is 6.08 Å². The highest BCUT2D eigenvalue weighted by Crippen LogP contribution is 2.35. The molecular formula is C19H21NO6. The average Bonchev–Trinajstić information content (AvgIpc) is 2.65. The molecule has 0 spiro atoms. The smallest absolute Gasteiger partial charge is 0.248 e. The molecule has 0 saturated carbocycles. The topological polar surface area (TPSA) is 86.3 Å². The minimum atomic E-state index is -0.380. The molecule has 138 valence electrons. The van der Waals surface area contributed by atoms with E-state index in [1.807, 2.05) is 0 Å². The Morgan fingerprint density at radius 2 is 1.54 bits per heavy atom. The van der Waals surface area contributed by atoms with Crippen LogP contribution in [0.1, 0.15) is 5.56 Å². The monoisotopic (exact) mass is 359 g/mol. The summed E-state index contributed by atoms with van der Waals surface area (Å²) in [6.45, 7) is 0. The first-order valence-corrected chi connectivity index (χ1v) is 7.68. The first-order chi connectivity index (χ1) is 12.5. The van der Waals surface area contributed by atoms with E-state index in [1.54, 1.807) is 37.5 Å². The van der Waals surface area contributed by atoms with E-state index in [9.17, 15) is 9.90 Å². The van der Waals surface area contributed by atoms with Gasteiger partial charge in [0.05, 0.1) is 34.0 Å². The van der Waals surface area contributed by atoms with Crippen LogP contribution in [0.3, 0.4) is 0 Å². The highest BCUT2D eigenvalue weighted by atomic mass is 16.5. The van der Waals surface area contributed by atoms with Crippen LogP contribution < -0.4 is 24.3 Å². The number of aromatic hydroxyl groups is 1. The molecule has 2 rings (SSSR count).